The number of hydrogen-bond acceptors (Lipinski definition) is 6. The number of H-pyrrole nitrogens is 1. The van der Waals surface area contributed by atoms with Gasteiger partial charge >= 0.3 is 0 Å². The van der Waals surface area contributed by atoms with Gasteiger partial charge in [-0.1, -0.05) is 12.1 Å². The summed E-state index contributed by atoms with van der Waals surface area (Å²) >= 11 is 0. The zero-order chi connectivity index (χ0) is 15.4. The van der Waals surface area contributed by atoms with E-state index in [0.717, 1.165) is 5.56 Å². The monoisotopic (exact) mass is 291 g/mol. The van der Waals surface area contributed by atoms with E-state index in [0.29, 0.717) is 18.0 Å². The largest absolute Gasteiger partial charge is 0.493 e. The van der Waals surface area contributed by atoms with Gasteiger partial charge in [0.1, 0.15) is 0 Å². The second kappa shape index (κ2) is 6.12. The number of aromatic amines is 1. The van der Waals surface area contributed by atoms with Crippen molar-refractivity contribution in [2.75, 3.05) is 27.0 Å². The van der Waals surface area contributed by atoms with Crippen LogP contribution in [0.2, 0.25) is 0 Å². The van der Waals surface area contributed by atoms with E-state index < -0.39 is 0 Å². The number of nitrogen functional groups attached to an aromatic ring is 1. The summed E-state index contributed by atoms with van der Waals surface area (Å²) in [5.74, 6) is 1.02. The highest BCUT2D eigenvalue weighted by molar-refractivity contribution is 5.90. The van der Waals surface area contributed by atoms with Crippen molar-refractivity contribution < 1.29 is 14.3 Å². The van der Waals surface area contributed by atoms with Crippen LogP contribution in [0.1, 0.15) is 16.2 Å². The van der Waals surface area contributed by atoms with Crippen LogP contribution in [-0.2, 0) is 6.54 Å². The topological polar surface area (TPSA) is 106 Å². The number of methoxy groups -OCH3 is 2. The van der Waals surface area contributed by atoms with Gasteiger partial charge < -0.3 is 20.1 Å². The Kier molecular flexibility index (Phi) is 4.27. The molecule has 0 fully saturated rings. The lowest BCUT2D eigenvalue weighted by molar-refractivity contribution is 0.0772. The maximum atomic E-state index is 12.2. The molecule has 0 saturated carbocycles. The van der Waals surface area contributed by atoms with Crippen LogP contribution in [0.4, 0.5) is 5.95 Å². The Morgan fingerprint density at radius 3 is 2.71 bits per heavy atom. The molecule has 0 atom stereocenters. The Morgan fingerprint density at radius 1 is 1.38 bits per heavy atom. The van der Waals surface area contributed by atoms with Crippen molar-refractivity contribution in [1.29, 1.82) is 0 Å². The van der Waals surface area contributed by atoms with E-state index in [9.17, 15) is 4.79 Å². The normalized spacial score (nSPS) is 10.2. The van der Waals surface area contributed by atoms with Gasteiger partial charge in [0.15, 0.2) is 11.5 Å². The minimum Gasteiger partial charge on any atom is -0.493 e. The zero-order valence-electron chi connectivity index (χ0n) is 12.1. The van der Waals surface area contributed by atoms with Gasteiger partial charge in [-0.2, -0.15) is 4.98 Å². The fraction of sp³-hybridized carbons (Fsp3) is 0.308. The molecule has 0 unspecified atom stereocenters. The standard InChI is InChI=1S/C13H17N5O3/c1-18(12(19)11-15-13(14)17-16-11)7-8-5-4-6-9(20-2)10(8)21-3/h4-6H,7H2,1-3H3,(H3,14,15,16,17). The molecule has 2 aromatic rings. The molecule has 0 saturated heterocycles. The molecule has 3 N–H and O–H groups in total. The van der Waals surface area contributed by atoms with Crippen molar-refractivity contribution in [3.63, 3.8) is 0 Å². The number of carbonyl (C=O) groups is 1. The van der Waals surface area contributed by atoms with Crippen molar-refractivity contribution in [3.8, 4) is 11.5 Å². The molecule has 0 aliphatic heterocycles. The maximum Gasteiger partial charge on any atom is 0.291 e. The molecule has 1 amide bonds. The third-order valence-corrected chi connectivity index (χ3v) is 2.94. The van der Waals surface area contributed by atoms with E-state index in [1.165, 1.54) is 4.90 Å². The summed E-state index contributed by atoms with van der Waals surface area (Å²) in [7, 11) is 4.77. The van der Waals surface area contributed by atoms with Crippen LogP contribution >= 0.6 is 0 Å². The van der Waals surface area contributed by atoms with Crippen LogP contribution in [0.15, 0.2) is 18.2 Å². The quantitative estimate of drug-likeness (QED) is 0.839. The fourth-order valence-corrected chi connectivity index (χ4v) is 1.96. The number of carbonyl (C=O) groups excluding carboxylic acids is 1. The Bertz CT molecular complexity index is 640. The Balaban J connectivity index is 2.19. The number of aromatic nitrogens is 3. The number of para-hydroxylation sites is 1. The molecule has 112 valence electrons. The van der Waals surface area contributed by atoms with Crippen LogP contribution in [0.3, 0.4) is 0 Å². The molecule has 1 aromatic heterocycles. The summed E-state index contributed by atoms with van der Waals surface area (Å²) in [6.07, 6.45) is 0. The molecule has 0 aliphatic rings. The highest BCUT2D eigenvalue weighted by Crippen LogP contribution is 2.31. The van der Waals surface area contributed by atoms with Crippen LogP contribution in [0.5, 0.6) is 11.5 Å². The van der Waals surface area contributed by atoms with Gasteiger partial charge in [0, 0.05) is 19.2 Å². The van der Waals surface area contributed by atoms with Crippen LogP contribution in [0.25, 0.3) is 0 Å². The van der Waals surface area contributed by atoms with Crippen LogP contribution in [-0.4, -0.2) is 47.3 Å². The molecular formula is C13H17N5O3. The van der Waals surface area contributed by atoms with Crippen molar-refractivity contribution in [3.05, 3.63) is 29.6 Å². The summed E-state index contributed by atoms with van der Waals surface area (Å²) in [6, 6.07) is 5.49. The lowest BCUT2D eigenvalue weighted by Gasteiger charge is -2.18. The first-order valence-electron chi connectivity index (χ1n) is 6.20. The highest BCUT2D eigenvalue weighted by atomic mass is 16.5. The first-order valence-corrected chi connectivity index (χ1v) is 6.20. The first-order chi connectivity index (χ1) is 10.1. The van der Waals surface area contributed by atoms with Crippen molar-refractivity contribution in [1.82, 2.24) is 20.1 Å². The Morgan fingerprint density at radius 2 is 2.14 bits per heavy atom. The summed E-state index contributed by atoms with van der Waals surface area (Å²) in [6.45, 7) is 0.333. The van der Waals surface area contributed by atoms with Crippen LogP contribution < -0.4 is 15.2 Å². The molecule has 1 heterocycles. The van der Waals surface area contributed by atoms with E-state index in [4.69, 9.17) is 15.2 Å². The number of nitrogens with two attached hydrogens (primary N) is 1. The maximum absolute atomic E-state index is 12.2. The second-order valence-corrected chi connectivity index (χ2v) is 4.36. The number of ether oxygens (including phenoxy) is 2. The van der Waals surface area contributed by atoms with E-state index in [1.54, 1.807) is 27.3 Å². The number of amides is 1. The Labute approximate surface area is 121 Å². The molecule has 21 heavy (non-hydrogen) atoms. The molecule has 0 radical (unpaired) electrons. The summed E-state index contributed by atoms with van der Waals surface area (Å²) < 4.78 is 10.6. The summed E-state index contributed by atoms with van der Waals surface area (Å²) in [5, 5.41) is 6.13. The van der Waals surface area contributed by atoms with Gasteiger partial charge in [-0.05, 0) is 6.07 Å². The molecule has 0 bridgehead atoms. The smallest absolute Gasteiger partial charge is 0.291 e. The number of nitrogens with one attached hydrogen (secondary N) is 1. The SMILES string of the molecule is COc1cccc(CN(C)C(=O)c2nc(N)n[nH]2)c1OC. The lowest BCUT2D eigenvalue weighted by Crippen LogP contribution is -2.27. The van der Waals surface area contributed by atoms with Crippen LogP contribution in [0, 0.1) is 0 Å². The zero-order valence-corrected chi connectivity index (χ0v) is 12.1. The summed E-state index contributed by atoms with van der Waals surface area (Å²) in [4.78, 5) is 17.5. The average molecular weight is 291 g/mol. The van der Waals surface area contributed by atoms with E-state index in [2.05, 4.69) is 15.2 Å². The van der Waals surface area contributed by atoms with E-state index >= 15 is 0 Å². The molecule has 0 aliphatic carbocycles. The second-order valence-electron chi connectivity index (χ2n) is 4.36. The van der Waals surface area contributed by atoms with Gasteiger partial charge in [-0.3, -0.25) is 9.89 Å². The minimum absolute atomic E-state index is 0.0331. The predicted molar refractivity (Wildman–Crippen MR) is 76.1 cm³/mol. The van der Waals surface area contributed by atoms with E-state index in [1.807, 2.05) is 12.1 Å². The number of benzene rings is 1. The third-order valence-electron chi connectivity index (χ3n) is 2.94. The molecule has 0 spiro atoms. The Hall–Kier alpha value is -2.77. The van der Waals surface area contributed by atoms with E-state index in [-0.39, 0.29) is 17.7 Å². The minimum atomic E-state index is -0.316. The molecule has 1 aromatic carbocycles. The van der Waals surface area contributed by atoms with Crippen molar-refractivity contribution in [2.45, 2.75) is 6.54 Å². The van der Waals surface area contributed by atoms with Gasteiger partial charge in [0.2, 0.25) is 11.8 Å². The average Bonchev–Trinajstić information content (AvgIpc) is 2.92. The van der Waals surface area contributed by atoms with Gasteiger partial charge in [-0.25, -0.2) is 0 Å². The van der Waals surface area contributed by atoms with Gasteiger partial charge in [-0.15, -0.1) is 5.10 Å². The highest BCUT2D eigenvalue weighted by Gasteiger charge is 2.18. The molecule has 2 rings (SSSR count). The first kappa shape index (κ1) is 14.6. The van der Waals surface area contributed by atoms with Crippen molar-refractivity contribution in [2.24, 2.45) is 0 Å². The van der Waals surface area contributed by atoms with Gasteiger partial charge in [0.25, 0.3) is 5.91 Å². The van der Waals surface area contributed by atoms with Gasteiger partial charge in [0.05, 0.1) is 14.2 Å². The summed E-state index contributed by atoms with van der Waals surface area (Å²) in [5.41, 5.74) is 6.21. The fourth-order valence-electron chi connectivity index (χ4n) is 1.96. The molecule has 8 heteroatoms. The molecule has 8 nitrogen and oxygen atoms in total. The predicted octanol–water partition coefficient (Wildman–Crippen LogP) is 0.676. The number of anilines is 1. The lowest BCUT2D eigenvalue weighted by atomic mass is 10.1. The number of rotatable bonds is 5. The molecular weight excluding hydrogens is 274 g/mol. The van der Waals surface area contributed by atoms with Crippen molar-refractivity contribution >= 4 is 11.9 Å². The third kappa shape index (κ3) is 3.04. The number of nitrogens with zero attached hydrogens (tertiary/aromatic N) is 3. The number of hydrogen-bond donors (Lipinski definition) is 2.